The summed E-state index contributed by atoms with van der Waals surface area (Å²) in [4.78, 5) is 13.3. The normalized spacial score (nSPS) is 16.8. The number of hydrogen-bond donors (Lipinski definition) is 0. The Hall–Kier alpha value is -0.870. The fraction of sp³-hybridized carbons (Fsp3) is 0.600. The standard InChI is InChI=1S/C15H20ClN3S/c1-10-8-12-13(17-15(16)18-14(12)20-10)19(2)9-11-6-4-3-5-7-11/h8,11H,3-7,9H2,1-2H3. The molecule has 0 aliphatic heterocycles. The summed E-state index contributed by atoms with van der Waals surface area (Å²) in [5, 5.41) is 1.49. The number of rotatable bonds is 3. The van der Waals surface area contributed by atoms with E-state index in [-0.39, 0.29) is 0 Å². The highest BCUT2D eigenvalue weighted by Crippen LogP contribution is 2.32. The highest BCUT2D eigenvalue weighted by Gasteiger charge is 2.19. The van der Waals surface area contributed by atoms with E-state index >= 15 is 0 Å². The van der Waals surface area contributed by atoms with Gasteiger partial charge in [0.15, 0.2) is 0 Å². The van der Waals surface area contributed by atoms with Crippen LogP contribution in [0.5, 0.6) is 0 Å². The van der Waals surface area contributed by atoms with Crippen LogP contribution in [0.15, 0.2) is 6.07 Å². The van der Waals surface area contributed by atoms with Crippen molar-refractivity contribution in [3.63, 3.8) is 0 Å². The van der Waals surface area contributed by atoms with Crippen molar-refractivity contribution in [1.29, 1.82) is 0 Å². The predicted molar refractivity (Wildman–Crippen MR) is 87.0 cm³/mol. The summed E-state index contributed by atoms with van der Waals surface area (Å²) >= 11 is 7.76. The zero-order chi connectivity index (χ0) is 14.1. The van der Waals surface area contributed by atoms with Crippen LogP contribution >= 0.6 is 22.9 Å². The monoisotopic (exact) mass is 309 g/mol. The number of fused-ring (bicyclic) bond motifs is 1. The summed E-state index contributed by atoms with van der Waals surface area (Å²) in [7, 11) is 2.12. The first-order valence-corrected chi connectivity index (χ1v) is 8.48. The number of hydrogen-bond acceptors (Lipinski definition) is 4. The van der Waals surface area contributed by atoms with Crippen LogP contribution in [0.2, 0.25) is 5.28 Å². The minimum Gasteiger partial charge on any atom is -0.359 e. The van der Waals surface area contributed by atoms with E-state index in [9.17, 15) is 0 Å². The van der Waals surface area contributed by atoms with Gasteiger partial charge in [0.1, 0.15) is 10.6 Å². The van der Waals surface area contributed by atoms with E-state index in [2.05, 4.69) is 34.9 Å². The lowest BCUT2D eigenvalue weighted by Gasteiger charge is -2.28. The minimum atomic E-state index is 0.352. The van der Waals surface area contributed by atoms with Crippen LogP contribution in [0.3, 0.4) is 0 Å². The number of halogens is 1. The molecule has 0 unspecified atom stereocenters. The molecule has 1 aliphatic carbocycles. The van der Waals surface area contributed by atoms with Crippen LogP contribution in [-0.2, 0) is 0 Å². The Kier molecular flexibility index (Phi) is 4.13. The van der Waals surface area contributed by atoms with Crippen LogP contribution in [0, 0.1) is 12.8 Å². The average molecular weight is 310 g/mol. The molecule has 20 heavy (non-hydrogen) atoms. The largest absolute Gasteiger partial charge is 0.359 e. The molecule has 2 aromatic heterocycles. The molecule has 0 bridgehead atoms. The van der Waals surface area contributed by atoms with Gasteiger partial charge in [-0.2, -0.15) is 4.98 Å². The van der Waals surface area contributed by atoms with Crippen molar-refractivity contribution < 1.29 is 0 Å². The topological polar surface area (TPSA) is 29.0 Å². The van der Waals surface area contributed by atoms with Gasteiger partial charge in [0.25, 0.3) is 0 Å². The first-order valence-electron chi connectivity index (χ1n) is 7.28. The smallest absolute Gasteiger partial charge is 0.225 e. The number of aryl methyl sites for hydroxylation is 1. The van der Waals surface area contributed by atoms with E-state index in [1.165, 1.54) is 37.0 Å². The molecule has 0 radical (unpaired) electrons. The summed E-state index contributed by atoms with van der Waals surface area (Å²) in [5.74, 6) is 1.77. The molecule has 3 nitrogen and oxygen atoms in total. The molecular formula is C15H20ClN3S. The first-order chi connectivity index (χ1) is 9.63. The highest BCUT2D eigenvalue weighted by atomic mass is 35.5. The van der Waals surface area contributed by atoms with Crippen LogP contribution in [-0.4, -0.2) is 23.6 Å². The molecular weight excluding hydrogens is 290 g/mol. The van der Waals surface area contributed by atoms with Crippen molar-refractivity contribution >= 4 is 39.0 Å². The van der Waals surface area contributed by atoms with Crippen LogP contribution in [0.4, 0.5) is 5.82 Å². The second-order valence-electron chi connectivity index (χ2n) is 5.78. The maximum absolute atomic E-state index is 6.08. The van der Waals surface area contributed by atoms with Gasteiger partial charge in [-0.1, -0.05) is 19.3 Å². The summed E-state index contributed by atoms with van der Waals surface area (Å²) in [6, 6.07) is 2.17. The maximum atomic E-state index is 6.08. The number of nitrogens with zero attached hydrogens (tertiary/aromatic N) is 3. The Labute approximate surface area is 129 Å². The summed E-state index contributed by atoms with van der Waals surface area (Å²) in [6.07, 6.45) is 6.82. The van der Waals surface area contributed by atoms with E-state index in [0.717, 1.165) is 28.5 Å². The average Bonchev–Trinajstić information content (AvgIpc) is 2.78. The summed E-state index contributed by atoms with van der Waals surface area (Å²) < 4.78 is 0. The molecule has 1 saturated carbocycles. The molecule has 108 valence electrons. The van der Waals surface area contributed by atoms with Crippen LogP contribution in [0.1, 0.15) is 37.0 Å². The Morgan fingerprint density at radius 3 is 2.80 bits per heavy atom. The van der Waals surface area contributed by atoms with E-state index < -0.39 is 0 Å². The van der Waals surface area contributed by atoms with Crippen molar-refractivity contribution in [2.24, 2.45) is 5.92 Å². The second-order valence-corrected chi connectivity index (χ2v) is 7.35. The van der Waals surface area contributed by atoms with Gasteiger partial charge in [0.05, 0.1) is 5.39 Å². The lowest BCUT2D eigenvalue weighted by molar-refractivity contribution is 0.362. The predicted octanol–water partition coefficient (Wildman–Crippen LogP) is 4.67. The van der Waals surface area contributed by atoms with E-state index in [1.54, 1.807) is 11.3 Å². The third kappa shape index (κ3) is 2.91. The molecule has 5 heteroatoms. The minimum absolute atomic E-state index is 0.352. The van der Waals surface area contributed by atoms with Gasteiger partial charge in [-0.3, -0.25) is 0 Å². The SMILES string of the molecule is Cc1cc2c(N(C)CC3CCCCC3)nc(Cl)nc2s1. The van der Waals surface area contributed by atoms with E-state index in [0.29, 0.717) is 5.28 Å². The van der Waals surface area contributed by atoms with Crippen molar-refractivity contribution in [2.45, 2.75) is 39.0 Å². The van der Waals surface area contributed by atoms with Gasteiger partial charge >= 0.3 is 0 Å². The zero-order valence-corrected chi connectivity index (χ0v) is 13.6. The van der Waals surface area contributed by atoms with Crippen molar-refractivity contribution in [2.75, 3.05) is 18.5 Å². The van der Waals surface area contributed by atoms with Crippen molar-refractivity contribution in [3.8, 4) is 0 Å². The van der Waals surface area contributed by atoms with E-state index in [4.69, 9.17) is 11.6 Å². The van der Waals surface area contributed by atoms with Gasteiger partial charge in [-0.15, -0.1) is 11.3 Å². The molecule has 0 aromatic carbocycles. The number of thiophene rings is 1. The number of aromatic nitrogens is 2. The Morgan fingerprint density at radius 2 is 2.05 bits per heavy atom. The van der Waals surface area contributed by atoms with Gasteiger partial charge < -0.3 is 4.90 Å². The molecule has 0 saturated heterocycles. The molecule has 3 rings (SSSR count). The molecule has 2 aromatic rings. The Morgan fingerprint density at radius 1 is 1.30 bits per heavy atom. The Balaban J connectivity index is 1.87. The molecule has 1 fully saturated rings. The first kappa shape index (κ1) is 14.1. The highest BCUT2D eigenvalue weighted by molar-refractivity contribution is 7.18. The summed E-state index contributed by atoms with van der Waals surface area (Å²) in [5.41, 5.74) is 0. The molecule has 1 aliphatic rings. The number of anilines is 1. The molecule has 2 heterocycles. The molecule has 0 atom stereocenters. The maximum Gasteiger partial charge on any atom is 0.225 e. The second kappa shape index (κ2) is 5.86. The zero-order valence-electron chi connectivity index (χ0n) is 12.0. The lowest BCUT2D eigenvalue weighted by Crippen LogP contribution is -2.27. The van der Waals surface area contributed by atoms with Crippen LogP contribution in [0.25, 0.3) is 10.2 Å². The third-order valence-corrected chi connectivity index (χ3v) is 5.20. The molecule has 0 N–H and O–H groups in total. The van der Waals surface area contributed by atoms with E-state index in [1.807, 2.05) is 0 Å². The lowest BCUT2D eigenvalue weighted by atomic mass is 9.89. The summed E-state index contributed by atoms with van der Waals surface area (Å²) in [6.45, 7) is 3.17. The van der Waals surface area contributed by atoms with Gasteiger partial charge in [0.2, 0.25) is 5.28 Å². The molecule has 0 spiro atoms. The van der Waals surface area contributed by atoms with Crippen LogP contribution < -0.4 is 4.90 Å². The molecule has 0 amide bonds. The van der Waals surface area contributed by atoms with Crippen molar-refractivity contribution in [3.05, 3.63) is 16.2 Å². The van der Waals surface area contributed by atoms with Gasteiger partial charge in [-0.05, 0) is 43.4 Å². The fourth-order valence-electron chi connectivity index (χ4n) is 3.14. The van der Waals surface area contributed by atoms with Crippen molar-refractivity contribution in [1.82, 2.24) is 9.97 Å². The quantitative estimate of drug-likeness (QED) is 0.772. The van der Waals surface area contributed by atoms with Gasteiger partial charge in [-0.25, -0.2) is 4.98 Å². The Bertz CT molecular complexity index is 604. The third-order valence-electron chi connectivity index (χ3n) is 4.09. The van der Waals surface area contributed by atoms with Gasteiger partial charge in [0, 0.05) is 18.5 Å². The fourth-order valence-corrected chi connectivity index (χ4v) is 4.22.